The molecule has 21 heavy (non-hydrogen) atoms. The number of halogens is 3. The number of carbonyl (C=O) groups is 1. The van der Waals surface area contributed by atoms with Gasteiger partial charge >= 0.3 is 0 Å². The number of carbonyl (C=O) groups excluding carboxylic acids is 1. The molecule has 0 aromatic carbocycles. The van der Waals surface area contributed by atoms with Gasteiger partial charge in [0.05, 0.1) is 6.54 Å². The van der Waals surface area contributed by atoms with E-state index in [0.29, 0.717) is 6.42 Å². The zero-order valence-electron chi connectivity index (χ0n) is 12.0. The second-order valence-corrected chi connectivity index (χ2v) is 4.87. The molecule has 1 aromatic heterocycles. The lowest BCUT2D eigenvalue weighted by molar-refractivity contribution is -0.133. The SMILES string of the molecule is CC(N)CC(=O)N1CCN(Cc2ncc[nH]2)CC1.Cl.Cl.Cl. The van der Waals surface area contributed by atoms with E-state index in [9.17, 15) is 4.79 Å². The van der Waals surface area contributed by atoms with Gasteiger partial charge in [-0.2, -0.15) is 0 Å². The van der Waals surface area contributed by atoms with Gasteiger partial charge in [-0.3, -0.25) is 9.69 Å². The Labute approximate surface area is 144 Å². The van der Waals surface area contributed by atoms with E-state index in [1.807, 2.05) is 18.0 Å². The van der Waals surface area contributed by atoms with Crippen LogP contribution in [0.15, 0.2) is 12.4 Å². The molecule has 0 radical (unpaired) electrons. The Balaban J connectivity index is 0. The number of hydrogen-bond acceptors (Lipinski definition) is 4. The average molecular weight is 361 g/mol. The molecule has 1 aromatic rings. The number of aromatic nitrogens is 2. The molecular weight excluding hydrogens is 337 g/mol. The molecular formula is C12H24Cl3N5O. The van der Waals surface area contributed by atoms with E-state index in [2.05, 4.69) is 14.9 Å². The van der Waals surface area contributed by atoms with Gasteiger partial charge in [0, 0.05) is 51.0 Å². The molecule has 3 N–H and O–H groups in total. The minimum Gasteiger partial charge on any atom is -0.348 e. The van der Waals surface area contributed by atoms with E-state index in [1.165, 1.54) is 0 Å². The van der Waals surface area contributed by atoms with Crippen molar-refractivity contribution in [3.05, 3.63) is 18.2 Å². The molecule has 1 saturated heterocycles. The van der Waals surface area contributed by atoms with Crippen molar-refractivity contribution in [2.75, 3.05) is 26.2 Å². The van der Waals surface area contributed by atoms with Gasteiger partial charge in [-0.1, -0.05) is 0 Å². The number of nitrogens with one attached hydrogen (secondary N) is 1. The van der Waals surface area contributed by atoms with E-state index in [-0.39, 0.29) is 49.2 Å². The van der Waals surface area contributed by atoms with Crippen molar-refractivity contribution in [2.24, 2.45) is 5.73 Å². The summed E-state index contributed by atoms with van der Waals surface area (Å²) in [5.74, 6) is 1.15. The normalized spacial score (nSPS) is 16.2. The van der Waals surface area contributed by atoms with Gasteiger partial charge in [-0.05, 0) is 6.92 Å². The Hall–Kier alpha value is -0.530. The van der Waals surface area contributed by atoms with E-state index < -0.39 is 0 Å². The van der Waals surface area contributed by atoms with Gasteiger partial charge in [0.1, 0.15) is 5.82 Å². The molecule has 124 valence electrons. The first-order valence-electron chi connectivity index (χ1n) is 6.39. The van der Waals surface area contributed by atoms with Crippen LogP contribution in [0.1, 0.15) is 19.2 Å². The number of nitrogens with two attached hydrogens (primary N) is 1. The lowest BCUT2D eigenvalue weighted by Gasteiger charge is -2.34. The van der Waals surface area contributed by atoms with Crippen molar-refractivity contribution < 1.29 is 4.79 Å². The largest absolute Gasteiger partial charge is 0.348 e. The Bertz CT molecular complexity index is 380. The van der Waals surface area contributed by atoms with Crippen molar-refractivity contribution in [1.82, 2.24) is 19.8 Å². The van der Waals surface area contributed by atoms with Gasteiger partial charge in [0.15, 0.2) is 0 Å². The highest BCUT2D eigenvalue weighted by Gasteiger charge is 2.21. The number of imidazole rings is 1. The smallest absolute Gasteiger partial charge is 0.224 e. The van der Waals surface area contributed by atoms with Crippen LogP contribution in [-0.2, 0) is 11.3 Å². The van der Waals surface area contributed by atoms with Gasteiger partial charge in [0.2, 0.25) is 5.91 Å². The van der Waals surface area contributed by atoms with Crippen LogP contribution in [-0.4, -0.2) is 57.9 Å². The lowest BCUT2D eigenvalue weighted by Crippen LogP contribution is -2.49. The molecule has 2 heterocycles. The Kier molecular flexibility index (Phi) is 12.0. The molecule has 1 amide bonds. The summed E-state index contributed by atoms with van der Waals surface area (Å²) in [6.45, 7) is 6.04. The number of amides is 1. The molecule has 1 atom stereocenters. The zero-order chi connectivity index (χ0) is 13.0. The first-order valence-corrected chi connectivity index (χ1v) is 6.39. The molecule has 1 aliphatic rings. The maximum absolute atomic E-state index is 11.8. The van der Waals surface area contributed by atoms with Crippen molar-refractivity contribution in [3.8, 4) is 0 Å². The molecule has 6 nitrogen and oxygen atoms in total. The van der Waals surface area contributed by atoms with Gasteiger partial charge in [-0.25, -0.2) is 4.98 Å². The highest BCUT2D eigenvalue weighted by atomic mass is 35.5. The van der Waals surface area contributed by atoms with Crippen molar-refractivity contribution in [2.45, 2.75) is 25.9 Å². The molecule has 1 fully saturated rings. The molecule has 1 aliphatic heterocycles. The summed E-state index contributed by atoms with van der Waals surface area (Å²) in [5.41, 5.74) is 5.65. The Morgan fingerprint density at radius 2 is 1.95 bits per heavy atom. The third-order valence-electron chi connectivity index (χ3n) is 3.15. The van der Waals surface area contributed by atoms with Crippen LogP contribution in [0.5, 0.6) is 0 Å². The van der Waals surface area contributed by atoms with E-state index in [0.717, 1.165) is 38.5 Å². The molecule has 1 unspecified atom stereocenters. The summed E-state index contributed by atoms with van der Waals surface area (Å²) < 4.78 is 0. The summed E-state index contributed by atoms with van der Waals surface area (Å²) in [6.07, 6.45) is 4.04. The first-order chi connectivity index (χ1) is 8.65. The number of H-pyrrole nitrogens is 1. The minimum absolute atomic E-state index is 0. The van der Waals surface area contributed by atoms with E-state index in [4.69, 9.17) is 5.73 Å². The van der Waals surface area contributed by atoms with E-state index in [1.54, 1.807) is 6.20 Å². The van der Waals surface area contributed by atoms with Crippen LogP contribution in [0.2, 0.25) is 0 Å². The summed E-state index contributed by atoms with van der Waals surface area (Å²) in [7, 11) is 0. The lowest BCUT2D eigenvalue weighted by atomic mass is 10.2. The fourth-order valence-electron chi connectivity index (χ4n) is 2.16. The monoisotopic (exact) mass is 359 g/mol. The molecule has 0 bridgehead atoms. The van der Waals surface area contributed by atoms with Crippen LogP contribution < -0.4 is 5.73 Å². The summed E-state index contributed by atoms with van der Waals surface area (Å²) >= 11 is 0. The highest BCUT2D eigenvalue weighted by Crippen LogP contribution is 2.07. The number of aromatic amines is 1. The third-order valence-corrected chi connectivity index (χ3v) is 3.15. The first kappa shape index (κ1) is 22.7. The molecule has 0 aliphatic carbocycles. The molecule has 2 rings (SSSR count). The number of piperazine rings is 1. The topological polar surface area (TPSA) is 78.2 Å². The Morgan fingerprint density at radius 3 is 2.43 bits per heavy atom. The predicted octanol–water partition coefficient (Wildman–Crippen LogP) is 1.06. The van der Waals surface area contributed by atoms with Gasteiger partial charge < -0.3 is 15.6 Å². The summed E-state index contributed by atoms with van der Waals surface area (Å²) in [4.78, 5) is 23.4. The molecule has 9 heteroatoms. The van der Waals surface area contributed by atoms with Crippen LogP contribution in [0.3, 0.4) is 0 Å². The average Bonchev–Trinajstić information content (AvgIpc) is 2.82. The predicted molar refractivity (Wildman–Crippen MR) is 90.5 cm³/mol. The quantitative estimate of drug-likeness (QED) is 0.841. The fraction of sp³-hybridized carbons (Fsp3) is 0.667. The fourth-order valence-corrected chi connectivity index (χ4v) is 2.16. The van der Waals surface area contributed by atoms with Crippen molar-refractivity contribution in [1.29, 1.82) is 0 Å². The van der Waals surface area contributed by atoms with Crippen LogP contribution in [0, 0.1) is 0 Å². The minimum atomic E-state index is -0.0568. The number of nitrogens with zero attached hydrogens (tertiary/aromatic N) is 3. The van der Waals surface area contributed by atoms with Gasteiger partial charge in [0.25, 0.3) is 0 Å². The molecule has 0 saturated carbocycles. The molecule has 0 spiro atoms. The van der Waals surface area contributed by atoms with Crippen LogP contribution in [0.4, 0.5) is 0 Å². The van der Waals surface area contributed by atoms with Crippen LogP contribution in [0.25, 0.3) is 0 Å². The zero-order valence-corrected chi connectivity index (χ0v) is 14.5. The maximum atomic E-state index is 11.8. The standard InChI is InChI=1S/C12H21N5O.3ClH/c1-10(13)8-12(18)17-6-4-16(5-7-17)9-11-14-2-3-15-11;;;/h2-3,10H,4-9,13H2,1H3,(H,14,15);3*1H. The van der Waals surface area contributed by atoms with Crippen molar-refractivity contribution in [3.63, 3.8) is 0 Å². The van der Waals surface area contributed by atoms with E-state index >= 15 is 0 Å². The number of hydrogen-bond donors (Lipinski definition) is 2. The van der Waals surface area contributed by atoms with Crippen molar-refractivity contribution >= 4 is 43.1 Å². The van der Waals surface area contributed by atoms with Gasteiger partial charge in [-0.15, -0.1) is 37.2 Å². The maximum Gasteiger partial charge on any atom is 0.224 e. The summed E-state index contributed by atoms with van der Waals surface area (Å²) in [5, 5.41) is 0. The van der Waals surface area contributed by atoms with Crippen LogP contribution >= 0.6 is 37.2 Å². The second kappa shape index (κ2) is 11.1. The number of rotatable bonds is 4. The summed E-state index contributed by atoms with van der Waals surface area (Å²) in [6, 6.07) is -0.0568. The highest BCUT2D eigenvalue weighted by molar-refractivity contribution is 5.86. The Morgan fingerprint density at radius 1 is 1.33 bits per heavy atom. The third kappa shape index (κ3) is 7.33. The second-order valence-electron chi connectivity index (χ2n) is 4.87.